The van der Waals surface area contributed by atoms with Gasteiger partial charge in [-0.2, -0.15) is 0 Å². The van der Waals surface area contributed by atoms with Crippen molar-refractivity contribution in [1.29, 1.82) is 0 Å². The van der Waals surface area contributed by atoms with Crippen LogP contribution in [0.1, 0.15) is 26.1 Å². The lowest BCUT2D eigenvalue weighted by atomic mass is 10.0. The topological polar surface area (TPSA) is 66.7 Å². The summed E-state index contributed by atoms with van der Waals surface area (Å²) in [6, 6.07) is 6.15. The molecule has 2 aromatic rings. The SMILES string of the molecule is Cc1nc2ccc(NCCC(C)(C)N)cc2[nH]1. The molecule has 2 rings (SSSR count). The van der Waals surface area contributed by atoms with Gasteiger partial charge in [0.1, 0.15) is 5.82 Å². The molecule has 4 heteroatoms. The van der Waals surface area contributed by atoms with E-state index in [-0.39, 0.29) is 5.54 Å². The van der Waals surface area contributed by atoms with Gasteiger partial charge in [0.25, 0.3) is 0 Å². The second kappa shape index (κ2) is 4.37. The van der Waals surface area contributed by atoms with Gasteiger partial charge in [-0.3, -0.25) is 0 Å². The molecule has 17 heavy (non-hydrogen) atoms. The number of rotatable bonds is 4. The molecule has 0 aliphatic rings. The maximum atomic E-state index is 5.94. The van der Waals surface area contributed by atoms with E-state index in [0.717, 1.165) is 35.5 Å². The largest absolute Gasteiger partial charge is 0.385 e. The average molecular weight is 232 g/mol. The number of imidazole rings is 1. The number of benzene rings is 1. The molecule has 1 aromatic heterocycles. The lowest BCUT2D eigenvalue weighted by molar-refractivity contribution is 0.491. The molecule has 0 bridgehead atoms. The molecule has 1 aromatic carbocycles. The van der Waals surface area contributed by atoms with Crippen molar-refractivity contribution < 1.29 is 0 Å². The van der Waals surface area contributed by atoms with Gasteiger partial charge in [0, 0.05) is 17.8 Å². The molecule has 0 amide bonds. The van der Waals surface area contributed by atoms with Gasteiger partial charge in [-0.05, 0) is 45.4 Å². The number of nitrogens with zero attached hydrogens (tertiary/aromatic N) is 1. The molecule has 0 unspecified atom stereocenters. The first-order valence-corrected chi connectivity index (χ1v) is 5.93. The highest BCUT2D eigenvalue weighted by Gasteiger charge is 2.09. The molecule has 0 atom stereocenters. The van der Waals surface area contributed by atoms with Crippen LogP contribution in [0.3, 0.4) is 0 Å². The van der Waals surface area contributed by atoms with Crippen LogP contribution in [0.2, 0.25) is 0 Å². The molecule has 0 spiro atoms. The highest BCUT2D eigenvalue weighted by molar-refractivity contribution is 5.79. The Balaban J connectivity index is 2.04. The summed E-state index contributed by atoms with van der Waals surface area (Å²) in [5.41, 5.74) is 8.99. The van der Waals surface area contributed by atoms with Gasteiger partial charge in [-0.25, -0.2) is 4.98 Å². The van der Waals surface area contributed by atoms with Crippen LogP contribution in [0, 0.1) is 6.92 Å². The zero-order valence-electron chi connectivity index (χ0n) is 10.7. The maximum absolute atomic E-state index is 5.94. The lowest BCUT2D eigenvalue weighted by Gasteiger charge is -2.18. The number of aryl methyl sites for hydroxylation is 1. The van der Waals surface area contributed by atoms with Gasteiger partial charge < -0.3 is 16.0 Å². The third-order valence-electron chi connectivity index (χ3n) is 2.70. The number of H-pyrrole nitrogens is 1. The molecule has 92 valence electrons. The minimum atomic E-state index is -0.123. The number of hydrogen-bond donors (Lipinski definition) is 3. The van der Waals surface area contributed by atoms with Crippen molar-refractivity contribution in [3.05, 3.63) is 24.0 Å². The van der Waals surface area contributed by atoms with Crippen molar-refractivity contribution in [2.24, 2.45) is 5.73 Å². The third-order valence-corrected chi connectivity index (χ3v) is 2.70. The molecular formula is C13H20N4. The smallest absolute Gasteiger partial charge is 0.104 e. The van der Waals surface area contributed by atoms with E-state index in [1.165, 1.54) is 0 Å². The summed E-state index contributed by atoms with van der Waals surface area (Å²) in [4.78, 5) is 7.60. The Kier molecular flexibility index (Phi) is 3.07. The van der Waals surface area contributed by atoms with E-state index in [4.69, 9.17) is 5.73 Å². The van der Waals surface area contributed by atoms with Crippen LogP contribution in [0.5, 0.6) is 0 Å². The van der Waals surface area contributed by atoms with Crippen molar-refractivity contribution in [2.45, 2.75) is 32.7 Å². The monoisotopic (exact) mass is 232 g/mol. The Hall–Kier alpha value is -1.55. The number of hydrogen-bond acceptors (Lipinski definition) is 3. The summed E-state index contributed by atoms with van der Waals surface area (Å²) in [6.07, 6.45) is 0.938. The van der Waals surface area contributed by atoms with Gasteiger partial charge in [0.15, 0.2) is 0 Å². The molecule has 0 aliphatic heterocycles. The molecule has 4 N–H and O–H groups in total. The third kappa shape index (κ3) is 3.20. The van der Waals surface area contributed by atoms with E-state index in [1.807, 2.05) is 32.9 Å². The van der Waals surface area contributed by atoms with E-state index in [0.29, 0.717) is 0 Å². The number of aromatic amines is 1. The van der Waals surface area contributed by atoms with E-state index >= 15 is 0 Å². The van der Waals surface area contributed by atoms with Crippen LogP contribution in [-0.4, -0.2) is 22.1 Å². The quantitative estimate of drug-likeness (QED) is 0.758. The van der Waals surface area contributed by atoms with E-state index in [9.17, 15) is 0 Å². The van der Waals surface area contributed by atoms with Crippen molar-refractivity contribution in [3.63, 3.8) is 0 Å². The number of anilines is 1. The zero-order chi connectivity index (χ0) is 12.5. The van der Waals surface area contributed by atoms with Gasteiger partial charge in [-0.15, -0.1) is 0 Å². The second-order valence-corrected chi connectivity index (χ2v) is 5.22. The fourth-order valence-corrected chi connectivity index (χ4v) is 1.78. The highest BCUT2D eigenvalue weighted by atomic mass is 14.9. The molecule has 0 fully saturated rings. The van der Waals surface area contributed by atoms with Crippen LogP contribution < -0.4 is 11.1 Å². The first kappa shape index (κ1) is 11.9. The number of nitrogens with two attached hydrogens (primary N) is 1. The Bertz CT molecular complexity index is 508. The predicted molar refractivity (Wildman–Crippen MR) is 72.2 cm³/mol. The highest BCUT2D eigenvalue weighted by Crippen LogP contribution is 2.17. The Morgan fingerprint density at radius 1 is 1.41 bits per heavy atom. The number of fused-ring (bicyclic) bond motifs is 1. The fourth-order valence-electron chi connectivity index (χ4n) is 1.78. The molecule has 0 aliphatic carbocycles. The summed E-state index contributed by atoms with van der Waals surface area (Å²) < 4.78 is 0. The van der Waals surface area contributed by atoms with Crippen LogP contribution in [-0.2, 0) is 0 Å². The van der Waals surface area contributed by atoms with Gasteiger partial charge in [0.2, 0.25) is 0 Å². The summed E-state index contributed by atoms with van der Waals surface area (Å²) in [5, 5.41) is 3.37. The van der Waals surface area contributed by atoms with E-state index in [2.05, 4.69) is 21.4 Å². The maximum Gasteiger partial charge on any atom is 0.104 e. The molecule has 0 radical (unpaired) electrons. The molecule has 0 saturated heterocycles. The molecular weight excluding hydrogens is 212 g/mol. The Morgan fingerprint density at radius 2 is 2.18 bits per heavy atom. The fraction of sp³-hybridized carbons (Fsp3) is 0.462. The van der Waals surface area contributed by atoms with Crippen molar-refractivity contribution in [1.82, 2.24) is 9.97 Å². The summed E-state index contributed by atoms with van der Waals surface area (Å²) >= 11 is 0. The van der Waals surface area contributed by atoms with Gasteiger partial charge in [0.05, 0.1) is 11.0 Å². The van der Waals surface area contributed by atoms with Gasteiger partial charge >= 0.3 is 0 Å². The van der Waals surface area contributed by atoms with E-state index in [1.54, 1.807) is 0 Å². The Labute approximate surface area is 102 Å². The van der Waals surface area contributed by atoms with Crippen molar-refractivity contribution in [2.75, 3.05) is 11.9 Å². The van der Waals surface area contributed by atoms with Crippen LogP contribution in [0.15, 0.2) is 18.2 Å². The molecule has 4 nitrogen and oxygen atoms in total. The first-order chi connectivity index (χ1) is 7.94. The van der Waals surface area contributed by atoms with Crippen molar-refractivity contribution in [3.8, 4) is 0 Å². The van der Waals surface area contributed by atoms with Crippen LogP contribution >= 0.6 is 0 Å². The second-order valence-electron chi connectivity index (χ2n) is 5.22. The van der Waals surface area contributed by atoms with Crippen LogP contribution in [0.4, 0.5) is 5.69 Å². The molecule has 1 heterocycles. The Morgan fingerprint density at radius 3 is 2.88 bits per heavy atom. The van der Waals surface area contributed by atoms with Gasteiger partial charge in [-0.1, -0.05) is 0 Å². The van der Waals surface area contributed by atoms with E-state index < -0.39 is 0 Å². The normalized spacial score (nSPS) is 12.0. The summed E-state index contributed by atoms with van der Waals surface area (Å²) in [6.45, 7) is 6.92. The number of aromatic nitrogens is 2. The molecule has 0 saturated carbocycles. The van der Waals surface area contributed by atoms with Crippen molar-refractivity contribution >= 4 is 16.7 Å². The minimum absolute atomic E-state index is 0.123. The average Bonchev–Trinajstić information content (AvgIpc) is 2.55. The summed E-state index contributed by atoms with van der Waals surface area (Å²) in [5.74, 6) is 0.945. The first-order valence-electron chi connectivity index (χ1n) is 5.93. The predicted octanol–water partition coefficient (Wildman–Crippen LogP) is 2.41. The lowest BCUT2D eigenvalue weighted by Crippen LogP contribution is -2.34. The number of nitrogens with one attached hydrogen (secondary N) is 2. The standard InChI is InChI=1S/C13H20N4/c1-9-16-11-5-4-10(8-12(11)17-9)15-7-6-13(2,3)14/h4-5,8,15H,6-7,14H2,1-3H3,(H,16,17). The summed E-state index contributed by atoms with van der Waals surface area (Å²) in [7, 11) is 0. The van der Waals surface area contributed by atoms with Crippen LogP contribution in [0.25, 0.3) is 11.0 Å². The zero-order valence-corrected chi connectivity index (χ0v) is 10.7. The minimum Gasteiger partial charge on any atom is -0.385 e.